The summed E-state index contributed by atoms with van der Waals surface area (Å²) in [4.78, 5) is 4.31. The lowest BCUT2D eigenvalue weighted by Gasteiger charge is -2.24. The van der Waals surface area contributed by atoms with E-state index in [2.05, 4.69) is 146 Å². The summed E-state index contributed by atoms with van der Waals surface area (Å²) < 4.78 is 20.2. The minimum absolute atomic E-state index is 0.347. The second kappa shape index (κ2) is 12.3. The van der Waals surface area contributed by atoms with E-state index in [0.717, 1.165) is 109 Å². The predicted molar refractivity (Wildman–Crippen MR) is 255 cm³/mol. The summed E-state index contributed by atoms with van der Waals surface area (Å²) in [6.07, 6.45) is 0. The van der Waals surface area contributed by atoms with Crippen LogP contribution in [0.25, 0.3) is 131 Å². The van der Waals surface area contributed by atoms with E-state index in [4.69, 9.17) is 15.4 Å². The lowest BCUT2D eigenvalue weighted by atomic mass is 10.1. The minimum atomic E-state index is 0.347. The van der Waals surface area contributed by atoms with Crippen LogP contribution in [-0.4, -0.2) is 13.7 Å². The smallest absolute Gasteiger partial charge is 0.214 e. The number of hydrogen-bond acceptors (Lipinski definition) is 3. The molecule has 0 atom stereocenters. The van der Waals surface area contributed by atoms with Crippen molar-refractivity contribution in [3.63, 3.8) is 0 Å². The Kier molecular flexibility index (Phi) is 6.57. The van der Waals surface area contributed by atoms with Crippen molar-refractivity contribution in [2.45, 2.75) is 0 Å². The molecule has 5 aromatic heterocycles. The largest absolute Gasteiger partial charge is 0.455 e. The topological polar surface area (TPSA) is 69.2 Å². The molecule has 14 aromatic rings. The van der Waals surface area contributed by atoms with E-state index < -0.39 is 0 Å². The van der Waals surface area contributed by atoms with Crippen molar-refractivity contribution in [3.05, 3.63) is 193 Å². The van der Waals surface area contributed by atoms with Gasteiger partial charge in [-0.05, 0) is 66.7 Å². The van der Waals surface area contributed by atoms with Crippen LogP contribution in [0.15, 0.2) is 185 Å². The molecule has 7 heteroatoms. The second-order valence-electron chi connectivity index (χ2n) is 16.2. The molecular formula is C56H29N5O2. The molecule has 290 valence electrons. The molecule has 0 aliphatic rings. The van der Waals surface area contributed by atoms with Crippen molar-refractivity contribution in [1.29, 1.82) is 5.26 Å². The number of para-hydroxylation sites is 6. The third-order valence-electron chi connectivity index (χ3n) is 13.1. The molecule has 7 nitrogen and oxygen atoms in total. The number of hydrogen-bond donors (Lipinski definition) is 0. The number of fused-ring (bicyclic) bond motifs is 17. The Morgan fingerprint density at radius 1 is 0.397 bits per heavy atom. The van der Waals surface area contributed by atoms with Crippen LogP contribution < -0.4 is 0 Å². The normalized spacial score (nSPS) is 12.1. The Labute approximate surface area is 357 Å². The molecule has 0 spiro atoms. The van der Waals surface area contributed by atoms with Gasteiger partial charge in [0, 0.05) is 43.1 Å². The summed E-state index contributed by atoms with van der Waals surface area (Å²) in [5, 5.41) is 21.6. The quantitative estimate of drug-likeness (QED) is 0.167. The lowest BCUT2D eigenvalue weighted by Crippen LogP contribution is -2.11. The Morgan fingerprint density at radius 3 is 1.27 bits per heavy atom. The fourth-order valence-electron chi connectivity index (χ4n) is 10.6. The highest BCUT2D eigenvalue weighted by molar-refractivity contribution is 6.26. The van der Waals surface area contributed by atoms with Gasteiger partial charge < -0.3 is 22.5 Å². The molecular weight excluding hydrogens is 775 g/mol. The molecule has 0 aliphatic carbocycles. The molecule has 0 amide bonds. The van der Waals surface area contributed by atoms with Gasteiger partial charge in [-0.15, -0.1) is 0 Å². The highest BCUT2D eigenvalue weighted by atomic mass is 16.3. The van der Waals surface area contributed by atoms with E-state index in [1.54, 1.807) is 6.07 Å². The third-order valence-corrected chi connectivity index (χ3v) is 13.1. The molecule has 0 bridgehead atoms. The predicted octanol–water partition coefficient (Wildman–Crippen LogP) is 15.2. The van der Waals surface area contributed by atoms with Crippen LogP contribution in [0, 0.1) is 17.9 Å². The zero-order valence-corrected chi connectivity index (χ0v) is 33.3. The minimum Gasteiger partial charge on any atom is -0.455 e. The van der Waals surface area contributed by atoms with Gasteiger partial charge in [-0.3, -0.25) is 0 Å². The molecule has 0 saturated carbocycles. The maximum Gasteiger partial charge on any atom is 0.214 e. The first-order valence-electron chi connectivity index (χ1n) is 20.9. The summed E-state index contributed by atoms with van der Waals surface area (Å²) in [7, 11) is 0. The van der Waals surface area contributed by atoms with Crippen molar-refractivity contribution < 1.29 is 8.83 Å². The molecule has 0 fully saturated rings. The van der Waals surface area contributed by atoms with Gasteiger partial charge in [0.15, 0.2) is 0 Å². The SMILES string of the molecule is [C-]#[N+]c1cc(C#N)c(-n2c3ccccc3c3c4oc5ccccc5c4ccc32)c(-n2c3ccccc3c3ccccc32)c1-n1c2ccccc2c2c3oc4ccccc4c3ccc21. The number of nitrogens with zero attached hydrogens (tertiary/aromatic N) is 5. The van der Waals surface area contributed by atoms with Gasteiger partial charge in [-0.2, -0.15) is 5.26 Å². The summed E-state index contributed by atoms with van der Waals surface area (Å²) in [5.41, 5.74) is 11.4. The standard InChI is InChI=1S/C56H29N5O2/c1-58-41-30-32(31-57)52(60-44-22-10-4-18-39(44)50-46(60)28-26-37-35-16-6-12-24-48(35)62-55(37)50)54(59-42-20-8-2-14-33(42)34-15-3-9-21-43(34)59)53(41)61-45-23-11-5-19-40(45)51-47(61)29-27-38-36-17-7-13-25-49(36)63-56(38)51/h2-30H. The van der Waals surface area contributed by atoms with Gasteiger partial charge in [-0.25, -0.2) is 4.85 Å². The van der Waals surface area contributed by atoms with Gasteiger partial charge in [0.1, 0.15) is 28.4 Å². The van der Waals surface area contributed by atoms with Crippen LogP contribution in [0.3, 0.4) is 0 Å². The average molecular weight is 804 g/mol. The molecule has 0 radical (unpaired) electrons. The monoisotopic (exact) mass is 803 g/mol. The molecule has 5 heterocycles. The second-order valence-corrected chi connectivity index (χ2v) is 16.2. The summed E-state index contributed by atoms with van der Waals surface area (Å²) in [6, 6.07) is 62.7. The summed E-state index contributed by atoms with van der Waals surface area (Å²) in [6.45, 7) is 8.93. The van der Waals surface area contributed by atoms with Crippen LogP contribution in [0.4, 0.5) is 5.69 Å². The van der Waals surface area contributed by atoms with Crippen molar-refractivity contribution in [1.82, 2.24) is 13.7 Å². The summed E-state index contributed by atoms with van der Waals surface area (Å²) >= 11 is 0. The molecule has 9 aromatic carbocycles. The molecule has 14 rings (SSSR count). The Morgan fingerprint density at radius 2 is 0.794 bits per heavy atom. The number of rotatable bonds is 3. The van der Waals surface area contributed by atoms with E-state index in [1.165, 1.54) is 0 Å². The van der Waals surface area contributed by atoms with E-state index >= 15 is 0 Å². The van der Waals surface area contributed by atoms with Crippen LogP contribution >= 0.6 is 0 Å². The summed E-state index contributed by atoms with van der Waals surface area (Å²) in [5.74, 6) is 0. The van der Waals surface area contributed by atoms with E-state index in [0.29, 0.717) is 28.3 Å². The van der Waals surface area contributed by atoms with Crippen molar-refractivity contribution >= 4 is 115 Å². The third kappa shape index (κ3) is 4.29. The maximum atomic E-state index is 11.4. The van der Waals surface area contributed by atoms with E-state index in [-0.39, 0.29) is 0 Å². The number of furan rings is 2. The molecule has 0 N–H and O–H groups in total. The van der Waals surface area contributed by atoms with E-state index in [9.17, 15) is 5.26 Å². The highest BCUT2D eigenvalue weighted by Crippen LogP contribution is 2.49. The highest BCUT2D eigenvalue weighted by Gasteiger charge is 2.31. The van der Waals surface area contributed by atoms with Crippen LogP contribution in [0.1, 0.15) is 5.56 Å². The Bertz CT molecular complexity index is 4140. The maximum absolute atomic E-state index is 11.4. The van der Waals surface area contributed by atoms with Crippen molar-refractivity contribution in [3.8, 4) is 23.1 Å². The number of aromatic nitrogens is 3. The van der Waals surface area contributed by atoms with Gasteiger partial charge in [0.25, 0.3) is 0 Å². The first-order chi connectivity index (χ1) is 31.2. The number of nitriles is 1. The van der Waals surface area contributed by atoms with Crippen LogP contribution in [0.5, 0.6) is 0 Å². The fraction of sp³-hybridized carbons (Fsp3) is 0. The zero-order valence-electron chi connectivity index (χ0n) is 33.3. The van der Waals surface area contributed by atoms with Gasteiger partial charge >= 0.3 is 0 Å². The molecule has 0 unspecified atom stereocenters. The Balaban J connectivity index is 1.25. The first-order valence-corrected chi connectivity index (χ1v) is 20.9. The molecule has 63 heavy (non-hydrogen) atoms. The Hall–Kier alpha value is -9.04. The van der Waals surface area contributed by atoms with Gasteiger partial charge in [-0.1, -0.05) is 109 Å². The van der Waals surface area contributed by atoms with Gasteiger partial charge in [0.2, 0.25) is 5.69 Å². The van der Waals surface area contributed by atoms with Crippen molar-refractivity contribution in [2.75, 3.05) is 0 Å². The zero-order chi connectivity index (χ0) is 41.5. The number of benzene rings is 9. The first kappa shape index (κ1) is 33.8. The molecule has 0 saturated heterocycles. The lowest BCUT2D eigenvalue weighted by molar-refractivity contribution is 0.672. The average Bonchev–Trinajstić information content (AvgIpc) is 4.14. The van der Waals surface area contributed by atoms with Crippen molar-refractivity contribution in [2.24, 2.45) is 0 Å². The molecule has 0 aliphatic heterocycles. The van der Waals surface area contributed by atoms with Crippen LogP contribution in [0.2, 0.25) is 0 Å². The van der Waals surface area contributed by atoms with Crippen LogP contribution in [-0.2, 0) is 0 Å². The van der Waals surface area contributed by atoms with E-state index in [1.807, 2.05) is 48.5 Å². The van der Waals surface area contributed by atoms with Gasteiger partial charge in [0.05, 0.1) is 73.1 Å². The fourth-order valence-corrected chi connectivity index (χ4v) is 10.6.